The van der Waals surface area contributed by atoms with E-state index in [0.717, 1.165) is 5.75 Å². The van der Waals surface area contributed by atoms with Crippen LogP contribution in [0.2, 0.25) is 0 Å². The molecule has 0 unspecified atom stereocenters. The molecule has 0 atom stereocenters. The third-order valence-electron chi connectivity index (χ3n) is 3.20. The molecular formula is C18H31BrFN3O2S. The first-order valence-corrected chi connectivity index (χ1v) is 13.4. The van der Waals surface area contributed by atoms with Gasteiger partial charge in [0.2, 0.25) is 0 Å². The molecule has 0 saturated heterocycles. The number of benzene rings is 1. The van der Waals surface area contributed by atoms with Crippen molar-refractivity contribution in [2.45, 2.75) is 20.0 Å². The molecule has 0 aliphatic heterocycles. The average Bonchev–Trinajstić information content (AvgIpc) is 2.43. The number of amidine groups is 2. The summed E-state index contributed by atoms with van der Waals surface area (Å²) in [5, 5.41) is 11.0. The van der Waals surface area contributed by atoms with Crippen molar-refractivity contribution in [3.05, 3.63) is 34.1 Å². The van der Waals surface area contributed by atoms with Crippen molar-refractivity contribution < 1.29 is 13.9 Å². The number of halogens is 2. The van der Waals surface area contributed by atoms with Gasteiger partial charge in [-0.1, -0.05) is 15.9 Å². The highest BCUT2D eigenvalue weighted by molar-refractivity contribution is 9.10. The predicted molar refractivity (Wildman–Crippen MR) is 116 cm³/mol. The Kier molecular flexibility index (Phi) is 8.10. The van der Waals surface area contributed by atoms with Gasteiger partial charge in [-0.05, 0) is 62.8 Å². The van der Waals surface area contributed by atoms with Crippen LogP contribution < -0.4 is 5.32 Å². The van der Waals surface area contributed by atoms with Crippen molar-refractivity contribution in [3.63, 3.8) is 0 Å². The van der Waals surface area contributed by atoms with E-state index in [1.807, 2.05) is 13.8 Å². The van der Waals surface area contributed by atoms with Gasteiger partial charge in [0.25, 0.3) is 6.02 Å². The lowest BCUT2D eigenvalue weighted by atomic mass is 10.2. The molecule has 2 N–H and O–H groups in total. The molecule has 5 nitrogen and oxygen atoms in total. The lowest BCUT2D eigenvalue weighted by molar-refractivity contribution is 0.130. The first kappa shape index (κ1) is 22.9. The van der Waals surface area contributed by atoms with Crippen molar-refractivity contribution in [2.24, 2.45) is 4.99 Å². The molecule has 0 saturated carbocycles. The molecule has 0 bridgehead atoms. The Bertz CT molecular complexity index is 663. The highest BCUT2D eigenvalue weighted by Crippen LogP contribution is 2.54. The number of nitrogens with one attached hydrogen (secondary N) is 2. The summed E-state index contributed by atoms with van der Waals surface area (Å²) in [5.74, 6) is 0.286. The first-order chi connectivity index (χ1) is 11.8. The van der Waals surface area contributed by atoms with Gasteiger partial charge in [-0.15, -0.1) is 0 Å². The molecule has 0 amide bonds. The highest BCUT2D eigenvalue weighted by Gasteiger charge is 2.18. The molecule has 0 fully saturated rings. The Labute approximate surface area is 164 Å². The van der Waals surface area contributed by atoms with Crippen molar-refractivity contribution in [1.29, 1.82) is 5.41 Å². The summed E-state index contributed by atoms with van der Waals surface area (Å²) in [4.78, 5) is 4.08. The quantitative estimate of drug-likeness (QED) is 0.194. The lowest BCUT2D eigenvalue weighted by Crippen LogP contribution is -2.32. The van der Waals surface area contributed by atoms with E-state index < -0.39 is 15.0 Å². The highest BCUT2D eigenvalue weighted by atomic mass is 79.9. The maximum Gasteiger partial charge on any atom is 0.293 e. The molecule has 8 heteroatoms. The van der Waals surface area contributed by atoms with Crippen LogP contribution in [-0.2, 0) is 9.47 Å². The van der Waals surface area contributed by atoms with E-state index in [0.29, 0.717) is 11.1 Å². The van der Waals surface area contributed by atoms with Crippen LogP contribution in [0.15, 0.2) is 27.7 Å². The second-order valence-electron chi connectivity index (χ2n) is 8.46. The number of thiol groups is 1. The first-order valence-electron chi connectivity index (χ1n) is 8.44. The molecule has 1 rings (SSSR count). The van der Waals surface area contributed by atoms with Crippen molar-refractivity contribution in [2.75, 3.05) is 44.1 Å². The summed E-state index contributed by atoms with van der Waals surface area (Å²) >= 11 is 3.20. The summed E-state index contributed by atoms with van der Waals surface area (Å²) < 4.78 is 25.8. The largest absolute Gasteiger partial charge is 0.462 e. The fraction of sp³-hybridized carbons (Fsp3) is 0.556. The van der Waals surface area contributed by atoms with Crippen LogP contribution in [0.5, 0.6) is 0 Å². The third kappa shape index (κ3) is 9.54. The van der Waals surface area contributed by atoms with E-state index in [1.165, 1.54) is 12.1 Å². The summed E-state index contributed by atoms with van der Waals surface area (Å²) in [6.07, 6.45) is 9.05. The van der Waals surface area contributed by atoms with E-state index in [1.54, 1.807) is 6.07 Å². The molecule has 26 heavy (non-hydrogen) atoms. The topological polar surface area (TPSA) is 66.7 Å². The Morgan fingerprint density at radius 2 is 1.96 bits per heavy atom. The van der Waals surface area contributed by atoms with Crippen LogP contribution in [0.25, 0.3) is 0 Å². The molecule has 150 valence electrons. The van der Waals surface area contributed by atoms with E-state index in [2.05, 4.69) is 51.3 Å². The number of nitrogens with zero attached hydrogens (tertiary/aromatic N) is 1. The normalized spacial score (nSPS) is 14.0. The third-order valence-corrected chi connectivity index (χ3v) is 5.67. The molecule has 1 aromatic rings. The van der Waals surface area contributed by atoms with Crippen LogP contribution in [-0.4, -0.2) is 62.1 Å². The second-order valence-corrected chi connectivity index (χ2v) is 17.7. The average molecular weight is 452 g/mol. The summed E-state index contributed by atoms with van der Waals surface area (Å²) in [7, 11) is -1.59. The van der Waals surface area contributed by atoms with E-state index in [-0.39, 0.29) is 30.3 Å². The van der Waals surface area contributed by atoms with Crippen molar-refractivity contribution >= 4 is 36.9 Å². The smallest absolute Gasteiger partial charge is 0.293 e. The van der Waals surface area contributed by atoms with E-state index in [4.69, 9.17) is 14.9 Å². The fourth-order valence-corrected chi connectivity index (χ4v) is 2.98. The predicted octanol–water partition coefficient (Wildman–Crippen LogP) is 3.85. The van der Waals surface area contributed by atoms with Crippen molar-refractivity contribution in [1.82, 2.24) is 5.32 Å². The van der Waals surface area contributed by atoms with Gasteiger partial charge in [0.15, 0.2) is 5.84 Å². The maximum absolute atomic E-state index is 14.0. The molecular weight excluding hydrogens is 421 g/mol. The zero-order valence-corrected chi connectivity index (χ0v) is 18.9. The van der Waals surface area contributed by atoms with E-state index >= 15 is 0 Å². The Balaban J connectivity index is 2.70. The standard InChI is InChI=1S/C18H31BrFN3O2S/c1-13(2)25-18(22-12-24-9-10-26(3,4,5)6)23-17(21)15-8-7-14(19)11-16(15)20/h7-8,11,13,26H,9-10,12H2,1-6H3,(H2,21,22,23). The number of hydrogen-bond acceptors (Lipinski definition) is 3. The lowest BCUT2D eigenvalue weighted by Gasteiger charge is -2.46. The van der Waals surface area contributed by atoms with Gasteiger partial charge in [-0.3, -0.25) is 14.6 Å². The van der Waals surface area contributed by atoms with Gasteiger partial charge in [0, 0.05) is 4.47 Å². The van der Waals surface area contributed by atoms with Gasteiger partial charge in [-0.25, -0.2) is 4.39 Å². The molecule has 0 radical (unpaired) electrons. The van der Waals surface area contributed by atoms with Crippen LogP contribution in [0.4, 0.5) is 4.39 Å². The molecule has 0 aliphatic rings. The second kappa shape index (κ2) is 9.19. The number of hydrogen-bond donors (Lipinski definition) is 3. The molecule has 0 heterocycles. The van der Waals surface area contributed by atoms with Crippen molar-refractivity contribution in [3.8, 4) is 0 Å². The minimum atomic E-state index is -1.59. The van der Waals surface area contributed by atoms with Crippen LogP contribution in [0, 0.1) is 11.2 Å². The zero-order chi connectivity index (χ0) is 20.0. The van der Waals surface area contributed by atoms with Crippen LogP contribution in [0.1, 0.15) is 19.4 Å². The van der Waals surface area contributed by atoms with E-state index in [9.17, 15) is 4.39 Å². The van der Waals surface area contributed by atoms with Gasteiger partial charge < -0.3 is 14.8 Å². The fourth-order valence-electron chi connectivity index (χ4n) is 1.79. The van der Waals surface area contributed by atoms with Gasteiger partial charge >= 0.3 is 0 Å². The molecule has 0 aliphatic carbocycles. The molecule has 0 spiro atoms. The van der Waals surface area contributed by atoms with Gasteiger partial charge in [0.1, 0.15) is 12.5 Å². The number of rotatable bonds is 7. The maximum atomic E-state index is 14.0. The van der Waals surface area contributed by atoms with Crippen LogP contribution >= 0.6 is 25.1 Å². The zero-order valence-electron chi connectivity index (χ0n) is 16.4. The summed E-state index contributed by atoms with van der Waals surface area (Å²) in [6, 6.07) is 4.61. The molecule has 1 aromatic carbocycles. The SMILES string of the molecule is CC(C)O/C(=N/C(=N)c1ccc(Br)cc1F)NCOCC[SH](C)(C)(C)C. The van der Waals surface area contributed by atoms with Gasteiger partial charge in [0.05, 0.1) is 18.3 Å². The minimum absolute atomic E-state index is 0.104. The molecule has 0 aromatic heterocycles. The number of ether oxygens (including phenoxy) is 2. The van der Waals surface area contributed by atoms with Gasteiger partial charge in [-0.2, -0.15) is 4.99 Å². The van der Waals surface area contributed by atoms with Crippen LogP contribution in [0.3, 0.4) is 0 Å². The monoisotopic (exact) mass is 451 g/mol. The number of aliphatic imine (C=N–C) groups is 1. The summed E-state index contributed by atoms with van der Waals surface area (Å²) in [6.45, 7) is 4.56. The Morgan fingerprint density at radius 1 is 1.31 bits per heavy atom. The Hall–Kier alpha value is -1.12. The minimum Gasteiger partial charge on any atom is -0.462 e. The Morgan fingerprint density at radius 3 is 2.50 bits per heavy atom. The summed E-state index contributed by atoms with van der Waals surface area (Å²) in [5.41, 5.74) is 0.104.